The second-order valence-corrected chi connectivity index (χ2v) is 5.96. The maximum absolute atomic E-state index is 13.8. The van der Waals surface area contributed by atoms with Crippen molar-refractivity contribution in [3.63, 3.8) is 0 Å². The Morgan fingerprint density at radius 1 is 1.15 bits per heavy atom. The first kappa shape index (κ1) is 16.0. The fourth-order valence-electron chi connectivity index (χ4n) is 2.91. The van der Waals surface area contributed by atoms with Gasteiger partial charge in [-0.2, -0.15) is 5.10 Å². The smallest absolute Gasteiger partial charge is 0.249 e. The lowest BCUT2D eigenvalue weighted by molar-refractivity contribution is -0.125. The number of nitrogens with zero attached hydrogens (tertiary/aromatic N) is 2. The Balaban J connectivity index is 1.66. The minimum absolute atomic E-state index is 0.0663. The van der Waals surface area contributed by atoms with E-state index in [1.807, 2.05) is 30.3 Å². The molecule has 0 bridgehead atoms. The van der Waals surface area contributed by atoms with Crippen LogP contribution in [0.15, 0.2) is 60.7 Å². The summed E-state index contributed by atoms with van der Waals surface area (Å²) in [5.74, 6) is -0.875. The van der Waals surface area contributed by atoms with E-state index < -0.39 is 17.8 Å². The Morgan fingerprint density at radius 2 is 1.88 bits per heavy atom. The van der Waals surface area contributed by atoms with E-state index in [4.69, 9.17) is 0 Å². The van der Waals surface area contributed by atoms with E-state index in [0.29, 0.717) is 11.5 Å². The van der Waals surface area contributed by atoms with Gasteiger partial charge in [0.05, 0.1) is 17.8 Å². The van der Waals surface area contributed by atoms with Crippen LogP contribution in [0.4, 0.5) is 15.9 Å². The fourth-order valence-corrected chi connectivity index (χ4v) is 2.91. The van der Waals surface area contributed by atoms with Crippen LogP contribution in [0, 0.1) is 5.82 Å². The molecule has 0 fully saturated rings. The second kappa shape index (κ2) is 6.44. The van der Waals surface area contributed by atoms with Crippen LogP contribution in [-0.4, -0.2) is 21.6 Å². The highest BCUT2D eigenvalue weighted by Crippen LogP contribution is 2.30. The number of fused-ring (bicyclic) bond motifs is 1. The van der Waals surface area contributed by atoms with E-state index in [1.54, 1.807) is 12.1 Å². The molecule has 130 valence electrons. The summed E-state index contributed by atoms with van der Waals surface area (Å²) < 4.78 is 15.3. The molecular weight excluding hydrogens is 335 g/mol. The third-order valence-corrected chi connectivity index (χ3v) is 4.18. The average Bonchev–Trinajstić information content (AvgIpc) is 3.07. The van der Waals surface area contributed by atoms with E-state index in [0.717, 1.165) is 5.56 Å². The highest BCUT2D eigenvalue weighted by Gasteiger charge is 2.32. The zero-order valence-electron chi connectivity index (χ0n) is 13.6. The number of carbonyl (C=O) groups is 2. The maximum atomic E-state index is 13.8. The van der Waals surface area contributed by atoms with Gasteiger partial charge in [-0.15, -0.1) is 0 Å². The summed E-state index contributed by atoms with van der Waals surface area (Å²) in [5.41, 5.74) is 1.59. The Bertz CT molecular complexity index is 984. The molecule has 0 radical (unpaired) electrons. The minimum atomic E-state index is -0.851. The fraction of sp³-hybridized carbons (Fsp3) is 0.105. The molecule has 0 saturated carbocycles. The zero-order chi connectivity index (χ0) is 18.1. The van der Waals surface area contributed by atoms with E-state index >= 15 is 0 Å². The first-order valence-corrected chi connectivity index (χ1v) is 8.12. The van der Waals surface area contributed by atoms with Gasteiger partial charge in [-0.05, 0) is 12.1 Å². The van der Waals surface area contributed by atoms with Gasteiger partial charge >= 0.3 is 0 Å². The maximum Gasteiger partial charge on any atom is 0.249 e. The molecule has 4 rings (SSSR count). The van der Waals surface area contributed by atoms with Gasteiger partial charge in [0.25, 0.3) is 0 Å². The lowest BCUT2D eigenvalue weighted by Gasteiger charge is -2.23. The van der Waals surface area contributed by atoms with Crippen molar-refractivity contribution in [2.45, 2.75) is 12.5 Å². The van der Waals surface area contributed by atoms with Crippen LogP contribution in [0.2, 0.25) is 0 Å². The summed E-state index contributed by atoms with van der Waals surface area (Å²) in [7, 11) is 0. The number of nitrogens with one attached hydrogen (secondary N) is 2. The molecule has 2 heterocycles. The number of aromatic nitrogens is 2. The molecule has 1 aliphatic rings. The number of halogens is 1. The monoisotopic (exact) mass is 350 g/mol. The van der Waals surface area contributed by atoms with Gasteiger partial charge in [0.15, 0.2) is 0 Å². The van der Waals surface area contributed by atoms with Crippen LogP contribution < -0.4 is 10.6 Å². The van der Waals surface area contributed by atoms with E-state index in [-0.39, 0.29) is 18.0 Å². The van der Waals surface area contributed by atoms with Crippen molar-refractivity contribution < 1.29 is 14.0 Å². The van der Waals surface area contributed by atoms with Crippen LogP contribution in [0.3, 0.4) is 0 Å². The first-order chi connectivity index (χ1) is 12.6. The number of para-hydroxylation sites is 1. The number of carbonyl (C=O) groups excluding carboxylic acids is 2. The third kappa shape index (κ3) is 2.95. The summed E-state index contributed by atoms with van der Waals surface area (Å²) in [6, 6.07) is 16.2. The predicted octanol–water partition coefficient (Wildman–Crippen LogP) is 3.21. The number of hydrogen-bond acceptors (Lipinski definition) is 3. The van der Waals surface area contributed by atoms with Crippen LogP contribution in [0.25, 0.3) is 11.3 Å². The van der Waals surface area contributed by atoms with Crippen molar-refractivity contribution >= 4 is 23.3 Å². The van der Waals surface area contributed by atoms with Crippen molar-refractivity contribution in [3.8, 4) is 11.3 Å². The average molecular weight is 350 g/mol. The van der Waals surface area contributed by atoms with Crippen LogP contribution >= 0.6 is 0 Å². The summed E-state index contributed by atoms with van der Waals surface area (Å²) in [6.45, 7) is 0. The molecule has 7 heteroatoms. The first-order valence-electron chi connectivity index (χ1n) is 8.12. The summed E-state index contributed by atoms with van der Waals surface area (Å²) in [4.78, 5) is 24.7. The molecule has 0 spiro atoms. The van der Waals surface area contributed by atoms with E-state index in [9.17, 15) is 14.0 Å². The van der Waals surface area contributed by atoms with Gasteiger partial charge in [0.2, 0.25) is 11.8 Å². The molecule has 2 aromatic carbocycles. The summed E-state index contributed by atoms with van der Waals surface area (Å²) >= 11 is 0. The van der Waals surface area contributed by atoms with Gasteiger partial charge in [0.1, 0.15) is 17.7 Å². The highest BCUT2D eigenvalue weighted by atomic mass is 19.1. The molecule has 2 amide bonds. The van der Waals surface area contributed by atoms with E-state index in [1.165, 1.54) is 22.9 Å². The normalized spacial score (nSPS) is 15.9. The Morgan fingerprint density at radius 3 is 2.65 bits per heavy atom. The van der Waals surface area contributed by atoms with Gasteiger partial charge < -0.3 is 10.6 Å². The molecule has 6 nitrogen and oxygen atoms in total. The van der Waals surface area contributed by atoms with Crippen LogP contribution in [0.5, 0.6) is 0 Å². The number of benzene rings is 2. The second-order valence-electron chi connectivity index (χ2n) is 5.96. The SMILES string of the molecule is O=C1C[C@@H](C(=O)Nc2ccccc2F)n2nc(-c3ccccc3)cc2N1. The lowest BCUT2D eigenvalue weighted by Crippen LogP contribution is -2.35. The number of hydrogen-bond donors (Lipinski definition) is 2. The number of rotatable bonds is 3. The Kier molecular flexibility index (Phi) is 3.96. The molecule has 1 atom stereocenters. The topological polar surface area (TPSA) is 76.0 Å². The van der Waals surface area contributed by atoms with Crippen LogP contribution in [0.1, 0.15) is 12.5 Å². The minimum Gasteiger partial charge on any atom is -0.322 e. The van der Waals surface area contributed by atoms with E-state index in [2.05, 4.69) is 15.7 Å². The zero-order valence-corrected chi connectivity index (χ0v) is 13.6. The Hall–Kier alpha value is -3.48. The quantitative estimate of drug-likeness (QED) is 0.762. The van der Waals surface area contributed by atoms with Crippen molar-refractivity contribution in [3.05, 3.63) is 66.5 Å². The van der Waals surface area contributed by atoms with Crippen molar-refractivity contribution in [2.24, 2.45) is 0 Å². The van der Waals surface area contributed by atoms with Gasteiger partial charge in [0, 0.05) is 11.6 Å². The summed E-state index contributed by atoms with van der Waals surface area (Å²) in [5, 5.41) is 9.72. The summed E-state index contributed by atoms with van der Waals surface area (Å²) in [6.07, 6.45) is -0.0663. The Labute approximate surface area is 148 Å². The molecule has 1 aliphatic heterocycles. The predicted molar refractivity (Wildman–Crippen MR) is 95.0 cm³/mol. The molecule has 26 heavy (non-hydrogen) atoms. The van der Waals surface area contributed by atoms with Crippen molar-refractivity contribution in [1.29, 1.82) is 0 Å². The standard InChI is InChI=1S/C19H15FN4O2/c20-13-8-4-5-9-14(13)21-19(26)16-11-18(25)22-17-10-15(23-24(16)17)12-6-2-1-3-7-12/h1-10,16H,11H2,(H,21,26)(H,22,25)/t16-/m0/s1. The van der Waals surface area contributed by atoms with Crippen molar-refractivity contribution in [1.82, 2.24) is 9.78 Å². The van der Waals surface area contributed by atoms with Crippen LogP contribution in [-0.2, 0) is 9.59 Å². The largest absolute Gasteiger partial charge is 0.322 e. The molecule has 0 unspecified atom stereocenters. The number of amides is 2. The molecule has 1 aromatic heterocycles. The molecule has 0 aliphatic carbocycles. The molecular formula is C19H15FN4O2. The molecule has 2 N–H and O–H groups in total. The highest BCUT2D eigenvalue weighted by molar-refractivity contribution is 6.01. The van der Waals surface area contributed by atoms with Gasteiger partial charge in [-0.3, -0.25) is 9.59 Å². The number of anilines is 2. The van der Waals surface area contributed by atoms with Crippen molar-refractivity contribution in [2.75, 3.05) is 10.6 Å². The van der Waals surface area contributed by atoms with Gasteiger partial charge in [-0.25, -0.2) is 9.07 Å². The third-order valence-electron chi connectivity index (χ3n) is 4.18. The molecule has 3 aromatic rings. The van der Waals surface area contributed by atoms with Gasteiger partial charge in [-0.1, -0.05) is 42.5 Å². The molecule has 0 saturated heterocycles. The lowest BCUT2D eigenvalue weighted by atomic mass is 10.1.